The molecule has 0 saturated heterocycles. The van der Waals surface area contributed by atoms with Gasteiger partial charge in [0.15, 0.2) is 0 Å². The Labute approximate surface area is 149 Å². The van der Waals surface area contributed by atoms with Gasteiger partial charge in [-0.2, -0.15) is 0 Å². The summed E-state index contributed by atoms with van der Waals surface area (Å²) in [4.78, 5) is 0. The maximum absolute atomic E-state index is 3.70. The molecule has 0 unspecified atom stereocenters. The fraction of sp³-hybridized carbons (Fsp3) is 0.130. The van der Waals surface area contributed by atoms with Gasteiger partial charge >= 0.3 is 0 Å². The first kappa shape index (κ1) is 14.2. The number of benzene rings is 3. The molecule has 0 nitrogen and oxygen atoms in total. The molecule has 0 N–H and O–H groups in total. The molecule has 3 aromatic rings. The molecule has 0 fully saturated rings. The molecule has 2 aliphatic rings. The number of fused-ring (bicyclic) bond motifs is 4. The molecule has 0 aliphatic heterocycles. The second kappa shape index (κ2) is 4.70. The summed E-state index contributed by atoms with van der Waals surface area (Å²) in [7, 11) is 0. The predicted molar refractivity (Wildman–Crippen MR) is 103 cm³/mol. The van der Waals surface area contributed by atoms with Gasteiger partial charge in [0.25, 0.3) is 0 Å². The molecule has 2 aliphatic carbocycles. The number of rotatable bonds is 0. The molecule has 0 radical (unpaired) electrons. The van der Waals surface area contributed by atoms with E-state index >= 15 is 0 Å². The van der Waals surface area contributed by atoms with E-state index in [-0.39, 0.29) is 5.41 Å². The van der Waals surface area contributed by atoms with E-state index in [0.717, 1.165) is 0 Å². The number of halogens is 1. The normalized spacial score (nSPS) is 15.5. The number of hydrogen-bond donors (Lipinski definition) is 0. The van der Waals surface area contributed by atoms with Crippen molar-refractivity contribution in [2.24, 2.45) is 0 Å². The van der Waals surface area contributed by atoms with Crippen LogP contribution in [0.5, 0.6) is 0 Å². The van der Waals surface area contributed by atoms with Crippen LogP contribution in [0.4, 0.5) is 0 Å². The highest BCUT2D eigenvalue weighted by molar-refractivity contribution is 9.10. The van der Waals surface area contributed by atoms with Crippen LogP contribution in [0.15, 0.2) is 59.1 Å². The minimum absolute atomic E-state index is 0.0183. The van der Waals surface area contributed by atoms with E-state index < -0.39 is 0 Å². The molecular weight excluding hydrogens is 356 g/mol. The summed E-state index contributed by atoms with van der Waals surface area (Å²) in [6.45, 7) is 4.68. The molecule has 0 bridgehead atoms. The molecule has 0 atom stereocenters. The standard InChI is InChI=1S/C23H17Br/c1-23(2)20-8-4-3-6-14(20)10-16-11-15-12-19-17(7-5-9-22(19)24)18(15)13-21(16)23/h3-13H,1-2H3. The molecular formula is C23H17Br. The minimum Gasteiger partial charge on any atom is -0.0619 e. The Morgan fingerprint density at radius 3 is 2.46 bits per heavy atom. The van der Waals surface area contributed by atoms with E-state index in [1.54, 1.807) is 0 Å². The topological polar surface area (TPSA) is 0 Å². The lowest BCUT2D eigenvalue weighted by Crippen LogP contribution is -2.31. The summed E-state index contributed by atoms with van der Waals surface area (Å²) < 4.78 is 1.17. The highest BCUT2D eigenvalue weighted by atomic mass is 79.9. The summed E-state index contributed by atoms with van der Waals surface area (Å²) in [6.07, 6.45) is 4.64. The minimum atomic E-state index is 0.0183. The van der Waals surface area contributed by atoms with Crippen molar-refractivity contribution in [1.29, 1.82) is 0 Å². The van der Waals surface area contributed by atoms with Crippen molar-refractivity contribution in [2.75, 3.05) is 0 Å². The Kier molecular flexibility index (Phi) is 2.79. The van der Waals surface area contributed by atoms with Crippen LogP contribution < -0.4 is 10.4 Å². The molecule has 0 spiro atoms. The van der Waals surface area contributed by atoms with Crippen LogP contribution in [0.25, 0.3) is 12.2 Å². The Hall–Kier alpha value is -2.12. The zero-order chi connectivity index (χ0) is 16.5. The van der Waals surface area contributed by atoms with Crippen LogP contribution in [0, 0.1) is 10.4 Å². The monoisotopic (exact) mass is 372 g/mol. The average Bonchev–Trinajstić information content (AvgIpc) is 2.93. The number of hydrogen-bond acceptors (Lipinski definition) is 0. The Morgan fingerprint density at radius 2 is 1.58 bits per heavy atom. The molecule has 0 amide bonds. The quantitative estimate of drug-likeness (QED) is 0.430. The first-order valence-corrected chi connectivity index (χ1v) is 9.11. The van der Waals surface area contributed by atoms with E-state index in [1.165, 1.54) is 47.6 Å². The van der Waals surface area contributed by atoms with Gasteiger partial charge in [0.05, 0.1) is 0 Å². The first-order valence-electron chi connectivity index (χ1n) is 8.32. The highest BCUT2D eigenvalue weighted by Gasteiger charge is 2.29. The molecule has 0 aromatic heterocycles. The average molecular weight is 373 g/mol. The lowest BCUT2D eigenvalue weighted by atomic mass is 9.72. The van der Waals surface area contributed by atoms with E-state index in [2.05, 4.69) is 96.5 Å². The summed E-state index contributed by atoms with van der Waals surface area (Å²) in [5, 5.41) is 5.32. The van der Waals surface area contributed by atoms with Crippen molar-refractivity contribution in [3.63, 3.8) is 0 Å². The zero-order valence-corrected chi connectivity index (χ0v) is 15.3. The third kappa shape index (κ3) is 1.79. The molecule has 0 saturated carbocycles. The molecule has 0 heterocycles. The van der Waals surface area contributed by atoms with E-state index in [9.17, 15) is 0 Å². The third-order valence-electron chi connectivity index (χ3n) is 5.48. The highest BCUT2D eigenvalue weighted by Crippen LogP contribution is 2.35. The Balaban J connectivity index is 1.96. The maximum Gasteiger partial charge on any atom is 0.0254 e. The van der Waals surface area contributed by atoms with Gasteiger partial charge < -0.3 is 0 Å². The van der Waals surface area contributed by atoms with Gasteiger partial charge in [-0.1, -0.05) is 66.2 Å². The molecule has 3 aromatic carbocycles. The van der Waals surface area contributed by atoms with Crippen molar-refractivity contribution in [3.8, 4) is 0 Å². The van der Waals surface area contributed by atoms with Gasteiger partial charge in [-0.25, -0.2) is 0 Å². The van der Waals surface area contributed by atoms with Gasteiger partial charge in [0.1, 0.15) is 0 Å². The zero-order valence-electron chi connectivity index (χ0n) is 13.7. The fourth-order valence-electron chi connectivity index (χ4n) is 4.23. The van der Waals surface area contributed by atoms with Crippen molar-refractivity contribution < 1.29 is 0 Å². The van der Waals surface area contributed by atoms with E-state index in [1.807, 2.05) is 0 Å². The van der Waals surface area contributed by atoms with Crippen molar-refractivity contribution in [1.82, 2.24) is 0 Å². The fourth-order valence-corrected chi connectivity index (χ4v) is 4.71. The van der Waals surface area contributed by atoms with Crippen molar-refractivity contribution >= 4 is 28.1 Å². The lowest BCUT2D eigenvalue weighted by Gasteiger charge is -2.31. The Morgan fingerprint density at radius 1 is 0.750 bits per heavy atom. The maximum atomic E-state index is 3.70. The molecule has 1 heteroatoms. The second-order valence-corrected chi connectivity index (χ2v) is 8.08. The summed E-state index contributed by atoms with van der Waals surface area (Å²) in [5.41, 5.74) is 5.51. The smallest absolute Gasteiger partial charge is 0.0254 e. The second-order valence-electron chi connectivity index (χ2n) is 7.23. The van der Waals surface area contributed by atoms with Crippen LogP contribution in [0.1, 0.15) is 36.1 Å². The first-order chi connectivity index (χ1) is 11.6. The molecule has 116 valence electrons. The largest absolute Gasteiger partial charge is 0.0619 e. The van der Waals surface area contributed by atoms with Crippen LogP contribution >= 0.6 is 15.9 Å². The van der Waals surface area contributed by atoms with Gasteiger partial charge in [0.2, 0.25) is 0 Å². The predicted octanol–water partition coefficient (Wildman–Crippen LogP) is 4.35. The van der Waals surface area contributed by atoms with Gasteiger partial charge in [-0.3, -0.25) is 0 Å². The summed E-state index contributed by atoms with van der Waals surface area (Å²) >= 11 is 3.70. The van der Waals surface area contributed by atoms with E-state index in [4.69, 9.17) is 0 Å². The SMILES string of the molecule is CC1(C)c2ccccc2C=c2cc3c(cc21)=c1cccc(Br)c1=C3. The van der Waals surface area contributed by atoms with Crippen LogP contribution in [-0.2, 0) is 5.41 Å². The van der Waals surface area contributed by atoms with Crippen molar-refractivity contribution in [3.05, 3.63) is 102 Å². The molecule has 24 heavy (non-hydrogen) atoms. The lowest BCUT2D eigenvalue weighted by molar-refractivity contribution is 0.629. The summed E-state index contributed by atoms with van der Waals surface area (Å²) in [5.74, 6) is 0. The van der Waals surface area contributed by atoms with Gasteiger partial charge in [-0.05, 0) is 73.5 Å². The van der Waals surface area contributed by atoms with Gasteiger partial charge in [-0.15, -0.1) is 0 Å². The van der Waals surface area contributed by atoms with E-state index in [0.29, 0.717) is 0 Å². The Bertz CT molecular complexity index is 1230. The third-order valence-corrected chi connectivity index (χ3v) is 6.17. The van der Waals surface area contributed by atoms with Gasteiger partial charge in [0, 0.05) is 9.89 Å². The van der Waals surface area contributed by atoms with Crippen LogP contribution in [0.3, 0.4) is 0 Å². The summed E-state index contributed by atoms with van der Waals surface area (Å²) in [6, 6.07) is 20.0. The molecule has 5 rings (SSSR count). The van der Waals surface area contributed by atoms with Crippen LogP contribution in [0.2, 0.25) is 0 Å². The van der Waals surface area contributed by atoms with Crippen molar-refractivity contribution in [2.45, 2.75) is 19.3 Å². The van der Waals surface area contributed by atoms with Crippen LogP contribution in [-0.4, -0.2) is 0 Å².